The van der Waals surface area contributed by atoms with Gasteiger partial charge in [0.15, 0.2) is 0 Å². The number of rotatable bonds is 7. The van der Waals surface area contributed by atoms with E-state index in [9.17, 15) is 9.59 Å². The highest BCUT2D eigenvalue weighted by atomic mass is 32.2. The molecule has 1 atom stereocenters. The van der Waals surface area contributed by atoms with Crippen LogP contribution in [0.3, 0.4) is 0 Å². The fourth-order valence-electron chi connectivity index (χ4n) is 2.48. The number of carbonyl (C=O) groups excluding carboxylic acids is 2. The fourth-order valence-corrected chi connectivity index (χ4v) is 3.27. The van der Waals surface area contributed by atoms with Gasteiger partial charge in [-0.2, -0.15) is 0 Å². The Morgan fingerprint density at radius 3 is 2.95 bits per heavy atom. The van der Waals surface area contributed by atoms with E-state index in [0.29, 0.717) is 11.3 Å². The molecule has 2 amide bonds. The summed E-state index contributed by atoms with van der Waals surface area (Å²) in [6.07, 6.45) is 5.84. The molecule has 5 heteroatoms. The number of fused-ring (bicyclic) bond motifs is 1. The van der Waals surface area contributed by atoms with Crippen LogP contribution in [0.4, 0.5) is 5.69 Å². The third-order valence-corrected chi connectivity index (χ3v) is 4.82. The van der Waals surface area contributed by atoms with Gasteiger partial charge in [0.25, 0.3) is 5.91 Å². The summed E-state index contributed by atoms with van der Waals surface area (Å²) in [6.45, 7) is 4.23. The van der Waals surface area contributed by atoms with Gasteiger partial charge < -0.3 is 10.6 Å². The van der Waals surface area contributed by atoms with Gasteiger partial charge in [0.05, 0.1) is 11.4 Å². The Morgan fingerprint density at radius 1 is 1.36 bits per heavy atom. The van der Waals surface area contributed by atoms with Crippen molar-refractivity contribution in [1.82, 2.24) is 5.32 Å². The molecule has 22 heavy (non-hydrogen) atoms. The van der Waals surface area contributed by atoms with Crippen molar-refractivity contribution in [3.8, 4) is 0 Å². The van der Waals surface area contributed by atoms with Crippen molar-refractivity contribution in [2.24, 2.45) is 0 Å². The van der Waals surface area contributed by atoms with Crippen LogP contribution in [0.15, 0.2) is 23.1 Å². The minimum atomic E-state index is -0.0735. The van der Waals surface area contributed by atoms with Gasteiger partial charge in [-0.25, -0.2) is 0 Å². The molecule has 1 heterocycles. The maximum Gasteiger partial charge on any atom is 0.251 e. The predicted octanol–water partition coefficient (Wildman–Crippen LogP) is 3.82. The summed E-state index contributed by atoms with van der Waals surface area (Å²) >= 11 is 1.50. The molecule has 120 valence electrons. The lowest BCUT2D eigenvalue weighted by Crippen LogP contribution is -2.32. The van der Waals surface area contributed by atoms with E-state index in [4.69, 9.17) is 0 Å². The zero-order valence-electron chi connectivity index (χ0n) is 13.3. The smallest absolute Gasteiger partial charge is 0.251 e. The molecule has 1 aliphatic heterocycles. The van der Waals surface area contributed by atoms with Crippen LogP contribution in [0.1, 0.15) is 56.3 Å². The molecule has 1 unspecified atom stereocenters. The highest BCUT2D eigenvalue weighted by Gasteiger charge is 2.17. The molecule has 0 aromatic heterocycles. The Labute approximate surface area is 136 Å². The maximum atomic E-state index is 12.3. The number of thioether (sulfide) groups is 1. The SMILES string of the molecule is CCCCCCC(C)NC(=O)c1ccc2c(c1)NC(=O)CS2. The molecule has 1 aliphatic rings. The summed E-state index contributed by atoms with van der Waals surface area (Å²) in [7, 11) is 0. The zero-order chi connectivity index (χ0) is 15.9. The van der Waals surface area contributed by atoms with Gasteiger partial charge in [0.2, 0.25) is 5.91 Å². The Balaban J connectivity index is 1.89. The second-order valence-corrected chi connectivity index (χ2v) is 6.79. The molecule has 0 saturated heterocycles. The van der Waals surface area contributed by atoms with Crippen LogP contribution in [0.25, 0.3) is 0 Å². The molecule has 4 nitrogen and oxygen atoms in total. The minimum Gasteiger partial charge on any atom is -0.350 e. The first kappa shape index (κ1) is 16.9. The van der Waals surface area contributed by atoms with Crippen molar-refractivity contribution in [3.05, 3.63) is 23.8 Å². The third kappa shape index (κ3) is 4.77. The fraction of sp³-hybridized carbons (Fsp3) is 0.529. The van der Waals surface area contributed by atoms with E-state index in [-0.39, 0.29) is 17.9 Å². The van der Waals surface area contributed by atoms with E-state index < -0.39 is 0 Å². The number of carbonyl (C=O) groups is 2. The summed E-state index contributed by atoms with van der Waals surface area (Å²) < 4.78 is 0. The molecule has 2 N–H and O–H groups in total. The van der Waals surface area contributed by atoms with E-state index in [2.05, 4.69) is 17.6 Å². The van der Waals surface area contributed by atoms with Gasteiger partial charge in [0.1, 0.15) is 0 Å². The Kier molecular flexibility index (Phi) is 6.31. The van der Waals surface area contributed by atoms with Crippen LogP contribution in [0.5, 0.6) is 0 Å². The van der Waals surface area contributed by atoms with Crippen molar-refractivity contribution >= 4 is 29.3 Å². The van der Waals surface area contributed by atoms with Crippen molar-refractivity contribution < 1.29 is 9.59 Å². The largest absolute Gasteiger partial charge is 0.350 e. The lowest BCUT2D eigenvalue weighted by atomic mass is 10.1. The van der Waals surface area contributed by atoms with Crippen LogP contribution in [0, 0.1) is 0 Å². The van der Waals surface area contributed by atoms with Gasteiger partial charge in [0, 0.05) is 16.5 Å². The Bertz CT molecular complexity index is 545. The minimum absolute atomic E-state index is 0.0145. The summed E-state index contributed by atoms with van der Waals surface area (Å²) in [4.78, 5) is 24.7. The number of nitrogens with one attached hydrogen (secondary N) is 2. The number of amides is 2. The topological polar surface area (TPSA) is 58.2 Å². The molecule has 0 fully saturated rings. The van der Waals surface area contributed by atoms with Crippen LogP contribution in [-0.4, -0.2) is 23.6 Å². The maximum absolute atomic E-state index is 12.3. The summed E-state index contributed by atoms with van der Waals surface area (Å²) in [6, 6.07) is 5.66. The average molecular weight is 320 g/mol. The molecule has 0 bridgehead atoms. The lowest BCUT2D eigenvalue weighted by molar-refractivity contribution is -0.113. The number of benzene rings is 1. The highest BCUT2D eigenvalue weighted by Crippen LogP contribution is 2.31. The summed E-state index contributed by atoms with van der Waals surface area (Å²) in [5.74, 6) is 0.350. The number of unbranched alkanes of at least 4 members (excludes halogenated alkanes) is 3. The average Bonchev–Trinajstić information content (AvgIpc) is 2.50. The van der Waals surface area contributed by atoms with Gasteiger partial charge in [-0.05, 0) is 31.5 Å². The Morgan fingerprint density at radius 2 is 2.18 bits per heavy atom. The second kappa shape index (κ2) is 8.22. The van der Waals surface area contributed by atoms with Crippen LogP contribution in [0.2, 0.25) is 0 Å². The van der Waals surface area contributed by atoms with Crippen molar-refractivity contribution in [1.29, 1.82) is 0 Å². The van der Waals surface area contributed by atoms with E-state index >= 15 is 0 Å². The first-order valence-corrected chi connectivity index (χ1v) is 8.96. The number of hydrogen-bond donors (Lipinski definition) is 2. The molecular formula is C17H24N2O2S. The number of hydrogen-bond acceptors (Lipinski definition) is 3. The quantitative estimate of drug-likeness (QED) is 0.751. The monoisotopic (exact) mass is 320 g/mol. The Hall–Kier alpha value is -1.49. The van der Waals surface area contributed by atoms with E-state index in [0.717, 1.165) is 23.4 Å². The first-order chi connectivity index (χ1) is 10.6. The second-order valence-electron chi connectivity index (χ2n) is 5.77. The summed E-state index contributed by atoms with van der Waals surface area (Å²) in [5, 5.41) is 5.85. The van der Waals surface area contributed by atoms with E-state index in [1.807, 2.05) is 19.1 Å². The molecule has 0 spiro atoms. The third-order valence-electron chi connectivity index (χ3n) is 3.74. The predicted molar refractivity (Wildman–Crippen MR) is 91.5 cm³/mol. The summed E-state index contributed by atoms with van der Waals surface area (Å²) in [5.41, 5.74) is 1.34. The molecule has 0 saturated carbocycles. The molecule has 2 rings (SSSR count). The molecule has 1 aromatic carbocycles. The van der Waals surface area contributed by atoms with Crippen molar-refractivity contribution in [2.75, 3.05) is 11.1 Å². The van der Waals surface area contributed by atoms with Crippen LogP contribution < -0.4 is 10.6 Å². The zero-order valence-corrected chi connectivity index (χ0v) is 14.1. The molecule has 0 aliphatic carbocycles. The van der Waals surface area contributed by atoms with E-state index in [1.54, 1.807) is 6.07 Å². The van der Waals surface area contributed by atoms with E-state index in [1.165, 1.54) is 31.0 Å². The van der Waals surface area contributed by atoms with Crippen LogP contribution >= 0.6 is 11.8 Å². The normalized spacial score (nSPS) is 14.9. The van der Waals surface area contributed by atoms with Gasteiger partial charge in [-0.1, -0.05) is 32.6 Å². The van der Waals surface area contributed by atoms with Crippen molar-refractivity contribution in [2.45, 2.75) is 56.9 Å². The van der Waals surface area contributed by atoms with Gasteiger partial charge in [-0.3, -0.25) is 9.59 Å². The molecule has 0 radical (unpaired) electrons. The molecular weight excluding hydrogens is 296 g/mol. The lowest BCUT2D eigenvalue weighted by Gasteiger charge is -2.18. The van der Waals surface area contributed by atoms with Crippen LogP contribution in [-0.2, 0) is 4.79 Å². The standard InChI is InChI=1S/C17H24N2O2S/c1-3-4-5-6-7-12(2)18-17(21)13-8-9-15-14(10-13)19-16(20)11-22-15/h8-10,12H,3-7,11H2,1-2H3,(H,18,21)(H,19,20). The van der Waals surface area contributed by atoms with Gasteiger partial charge >= 0.3 is 0 Å². The van der Waals surface area contributed by atoms with Gasteiger partial charge in [-0.15, -0.1) is 11.8 Å². The highest BCUT2D eigenvalue weighted by molar-refractivity contribution is 8.00. The van der Waals surface area contributed by atoms with Crippen molar-refractivity contribution in [3.63, 3.8) is 0 Å². The molecule has 1 aromatic rings. The number of anilines is 1. The first-order valence-electron chi connectivity index (χ1n) is 7.97.